The molecule has 0 fully saturated rings. The van der Waals surface area contributed by atoms with Crippen molar-refractivity contribution in [2.24, 2.45) is 0 Å². The number of ether oxygens (including phenoxy) is 1. The summed E-state index contributed by atoms with van der Waals surface area (Å²) in [6.07, 6.45) is 1.51. The number of nitrogens with one attached hydrogen (secondary N) is 2. The molecule has 0 unspecified atom stereocenters. The first kappa shape index (κ1) is 12.1. The van der Waals surface area contributed by atoms with Gasteiger partial charge in [-0.25, -0.2) is 0 Å². The lowest BCUT2D eigenvalue weighted by Crippen LogP contribution is -2.35. The van der Waals surface area contributed by atoms with Gasteiger partial charge < -0.3 is 15.0 Å². The van der Waals surface area contributed by atoms with Crippen LogP contribution in [-0.2, 0) is 0 Å². The van der Waals surface area contributed by atoms with Gasteiger partial charge in [0.25, 0.3) is 16.4 Å². The molecule has 0 spiro atoms. The van der Waals surface area contributed by atoms with Gasteiger partial charge in [-0.05, 0) is 25.5 Å². The lowest BCUT2D eigenvalue weighted by molar-refractivity contribution is 0.335. The highest BCUT2D eigenvalue weighted by Gasteiger charge is 2.23. The molecule has 2 rings (SSSR count). The Kier molecular flexibility index (Phi) is 3.01. The van der Waals surface area contributed by atoms with E-state index in [1.54, 1.807) is 19.9 Å². The Morgan fingerprint density at radius 2 is 1.94 bits per heavy atom. The van der Waals surface area contributed by atoms with Gasteiger partial charge in [-0.1, -0.05) is 0 Å². The number of aromatic amines is 1. The molecule has 0 radical (unpaired) electrons. The number of hydrogen-bond donors (Lipinski definition) is 2. The van der Waals surface area contributed by atoms with Gasteiger partial charge in [0, 0.05) is 6.20 Å². The first-order valence-corrected chi connectivity index (χ1v) is 5.47. The molecule has 0 atom stereocenters. The Labute approximate surface area is 102 Å². The Bertz CT molecular complexity index is 707. The predicted molar refractivity (Wildman–Crippen MR) is 67.6 cm³/mol. The maximum atomic E-state index is 11.6. The summed E-state index contributed by atoms with van der Waals surface area (Å²) in [7, 11) is 0. The van der Waals surface area contributed by atoms with Crippen LogP contribution >= 0.6 is 0 Å². The van der Waals surface area contributed by atoms with Gasteiger partial charge in [-0.3, -0.25) is 14.4 Å². The molecule has 1 heterocycles. The van der Waals surface area contributed by atoms with E-state index in [0.717, 1.165) is 0 Å². The van der Waals surface area contributed by atoms with E-state index in [1.807, 2.05) is 0 Å². The topological polar surface area (TPSA) is 88.3 Å². The van der Waals surface area contributed by atoms with Crippen molar-refractivity contribution >= 4 is 11.4 Å². The molecule has 6 heteroatoms. The van der Waals surface area contributed by atoms with Crippen molar-refractivity contribution in [3.8, 4) is 5.75 Å². The van der Waals surface area contributed by atoms with Crippen molar-refractivity contribution in [1.29, 1.82) is 0 Å². The van der Waals surface area contributed by atoms with Crippen LogP contribution < -0.4 is 26.5 Å². The van der Waals surface area contributed by atoms with Crippen LogP contribution in [0.5, 0.6) is 5.75 Å². The van der Waals surface area contributed by atoms with Crippen molar-refractivity contribution in [1.82, 2.24) is 4.98 Å². The van der Waals surface area contributed by atoms with Crippen LogP contribution in [0.2, 0.25) is 0 Å². The first-order valence-electron chi connectivity index (χ1n) is 5.47. The molecule has 1 aromatic carbocycles. The van der Waals surface area contributed by atoms with Crippen molar-refractivity contribution in [3.63, 3.8) is 0 Å². The van der Waals surface area contributed by atoms with Crippen LogP contribution in [0.1, 0.15) is 12.5 Å². The van der Waals surface area contributed by atoms with Gasteiger partial charge in [0.2, 0.25) is 0 Å². The summed E-state index contributed by atoms with van der Waals surface area (Å²) in [6, 6.07) is 1.69. The highest BCUT2D eigenvalue weighted by Crippen LogP contribution is 2.22. The van der Waals surface area contributed by atoms with Crippen LogP contribution in [0.4, 0.5) is 11.4 Å². The van der Waals surface area contributed by atoms with Crippen molar-refractivity contribution in [3.05, 3.63) is 48.6 Å². The molecule has 0 aliphatic heterocycles. The molecule has 2 aromatic rings. The van der Waals surface area contributed by atoms with E-state index >= 15 is 0 Å². The molecule has 2 N–H and O–H groups in total. The maximum Gasteiger partial charge on any atom is 0.272 e. The highest BCUT2D eigenvalue weighted by atomic mass is 16.5. The Morgan fingerprint density at radius 1 is 1.22 bits per heavy atom. The molecule has 18 heavy (non-hydrogen) atoms. The van der Waals surface area contributed by atoms with E-state index in [-0.39, 0.29) is 29.3 Å². The lowest BCUT2D eigenvalue weighted by atomic mass is 10.2. The third-order valence-electron chi connectivity index (χ3n) is 2.57. The van der Waals surface area contributed by atoms with Crippen molar-refractivity contribution in [2.75, 3.05) is 11.9 Å². The molecule has 0 amide bonds. The molecule has 0 aliphatic rings. The maximum absolute atomic E-state index is 11.6. The quantitative estimate of drug-likeness (QED) is 0.765. The Balaban J connectivity index is 2.42. The summed E-state index contributed by atoms with van der Waals surface area (Å²) in [5.74, 6) is -0.00912. The van der Waals surface area contributed by atoms with Crippen LogP contribution in [0.3, 0.4) is 0 Å². The van der Waals surface area contributed by atoms with Gasteiger partial charge >= 0.3 is 0 Å². The summed E-state index contributed by atoms with van der Waals surface area (Å²) in [5.41, 5.74) is -0.725. The normalized spacial score (nSPS) is 10.6. The predicted octanol–water partition coefficient (Wildman–Crippen LogP) is 0.422. The fraction of sp³-hybridized carbons (Fsp3) is 0.250. The number of hydrogen-bond acceptors (Lipinski definition) is 5. The van der Waals surface area contributed by atoms with E-state index < -0.39 is 10.9 Å². The van der Waals surface area contributed by atoms with E-state index in [2.05, 4.69) is 10.3 Å². The fourth-order valence-electron chi connectivity index (χ4n) is 1.62. The average molecular weight is 248 g/mol. The van der Waals surface area contributed by atoms with Crippen LogP contribution in [0.15, 0.2) is 26.6 Å². The fourth-order valence-corrected chi connectivity index (χ4v) is 1.62. The van der Waals surface area contributed by atoms with E-state index in [4.69, 9.17) is 4.74 Å². The zero-order valence-corrected chi connectivity index (χ0v) is 9.99. The van der Waals surface area contributed by atoms with Gasteiger partial charge in [-0.2, -0.15) is 0 Å². The number of pyridine rings is 1. The zero-order chi connectivity index (χ0) is 13.3. The third-order valence-corrected chi connectivity index (χ3v) is 2.57. The third kappa shape index (κ3) is 1.81. The van der Waals surface area contributed by atoms with Crippen LogP contribution in [0.25, 0.3) is 0 Å². The molecule has 0 saturated carbocycles. The molecule has 6 nitrogen and oxygen atoms in total. The second kappa shape index (κ2) is 4.48. The largest absolute Gasteiger partial charge is 0.488 e. The molecule has 0 bridgehead atoms. The molecule has 0 saturated heterocycles. The summed E-state index contributed by atoms with van der Waals surface area (Å²) < 4.78 is 5.06. The van der Waals surface area contributed by atoms with E-state index in [0.29, 0.717) is 5.56 Å². The van der Waals surface area contributed by atoms with Crippen molar-refractivity contribution in [2.45, 2.75) is 13.8 Å². The van der Waals surface area contributed by atoms with Gasteiger partial charge in [0.15, 0.2) is 5.75 Å². The standard InChI is InChI=1S/C12H12N2O4/c1-3-18-11-8(9(15)10(11)16)14-7-6(2)4-5-13-12(7)17/h4-5,14H,3H2,1-2H3,(H,13,17). The number of H-pyrrole nitrogens is 1. The Hall–Kier alpha value is -2.37. The molecular weight excluding hydrogens is 236 g/mol. The van der Waals surface area contributed by atoms with E-state index in [9.17, 15) is 14.4 Å². The first-order chi connectivity index (χ1) is 8.56. The van der Waals surface area contributed by atoms with E-state index in [1.165, 1.54) is 6.20 Å². The second-order valence-electron chi connectivity index (χ2n) is 3.79. The number of rotatable bonds is 4. The minimum Gasteiger partial charge on any atom is -0.488 e. The Morgan fingerprint density at radius 3 is 2.56 bits per heavy atom. The number of aromatic nitrogens is 1. The van der Waals surface area contributed by atoms with Gasteiger partial charge in [-0.15, -0.1) is 0 Å². The van der Waals surface area contributed by atoms with Crippen molar-refractivity contribution < 1.29 is 4.74 Å². The van der Waals surface area contributed by atoms with Crippen LogP contribution in [0, 0.1) is 6.92 Å². The molecular formula is C12H12N2O4. The summed E-state index contributed by atoms with van der Waals surface area (Å²) in [5, 5.41) is 2.67. The summed E-state index contributed by atoms with van der Waals surface area (Å²) >= 11 is 0. The second-order valence-corrected chi connectivity index (χ2v) is 3.79. The summed E-state index contributed by atoms with van der Waals surface area (Å²) in [6.45, 7) is 3.72. The number of aryl methyl sites for hydroxylation is 1. The summed E-state index contributed by atoms with van der Waals surface area (Å²) in [4.78, 5) is 36.8. The van der Waals surface area contributed by atoms with Gasteiger partial charge in [0.1, 0.15) is 11.4 Å². The SMILES string of the molecule is CCOc1c(Nc2c(C)cc[nH]c2=O)c(=O)c1=O. The lowest BCUT2D eigenvalue weighted by Gasteiger charge is -2.13. The molecule has 1 aromatic heterocycles. The monoisotopic (exact) mass is 248 g/mol. The minimum absolute atomic E-state index is 0.00912. The van der Waals surface area contributed by atoms with Gasteiger partial charge in [0.05, 0.1) is 6.61 Å². The molecule has 94 valence electrons. The molecule has 0 aliphatic carbocycles. The smallest absolute Gasteiger partial charge is 0.272 e. The zero-order valence-electron chi connectivity index (χ0n) is 9.99. The average Bonchev–Trinajstić information content (AvgIpc) is 2.36. The minimum atomic E-state index is -0.666. The highest BCUT2D eigenvalue weighted by molar-refractivity contribution is 5.70. The number of anilines is 2. The van der Waals surface area contributed by atoms with Crippen LogP contribution in [-0.4, -0.2) is 11.6 Å².